The van der Waals surface area contributed by atoms with Gasteiger partial charge in [-0.25, -0.2) is 24.7 Å². The van der Waals surface area contributed by atoms with Crippen molar-refractivity contribution in [2.45, 2.75) is 31.7 Å². The molecule has 2 aliphatic rings. The van der Waals surface area contributed by atoms with E-state index in [-0.39, 0.29) is 0 Å². The average Bonchev–Trinajstić information content (AvgIpc) is 3.55. The summed E-state index contributed by atoms with van der Waals surface area (Å²) in [5.74, 6) is -0.301. The van der Waals surface area contributed by atoms with E-state index in [9.17, 15) is 13.2 Å². The first kappa shape index (κ1) is 32.9. The molecular formula is C33H35F3N8O4. The smallest absolute Gasteiger partial charge is 0.475 e. The minimum absolute atomic E-state index is 0.292. The van der Waals surface area contributed by atoms with Gasteiger partial charge in [0.25, 0.3) is 0 Å². The first-order chi connectivity index (χ1) is 23.2. The number of carboxylic acid groups (broad SMARTS) is 1. The number of carboxylic acids is 1. The lowest BCUT2D eigenvalue weighted by Gasteiger charge is -2.32. The fraction of sp³-hybridized carbons (Fsp3) is 0.364. The van der Waals surface area contributed by atoms with Crippen molar-refractivity contribution < 1.29 is 32.5 Å². The summed E-state index contributed by atoms with van der Waals surface area (Å²) in [4.78, 5) is 32.9. The van der Waals surface area contributed by atoms with Gasteiger partial charge in [0.05, 0.1) is 29.2 Å². The lowest BCUT2D eigenvalue weighted by molar-refractivity contribution is -0.192. The van der Waals surface area contributed by atoms with Crippen LogP contribution in [0.25, 0.3) is 27.8 Å². The number of aliphatic carboxylic acids is 1. The summed E-state index contributed by atoms with van der Waals surface area (Å²) in [6.45, 7) is 5.94. The van der Waals surface area contributed by atoms with Crippen LogP contribution >= 0.6 is 0 Å². The van der Waals surface area contributed by atoms with Crippen LogP contribution < -0.4 is 19.9 Å². The van der Waals surface area contributed by atoms with Crippen molar-refractivity contribution in [3.8, 4) is 17.1 Å². The Morgan fingerprint density at radius 3 is 2.40 bits per heavy atom. The van der Waals surface area contributed by atoms with Crippen molar-refractivity contribution in [2.75, 3.05) is 56.2 Å². The van der Waals surface area contributed by atoms with Gasteiger partial charge >= 0.3 is 12.1 Å². The predicted octanol–water partition coefficient (Wildman–Crippen LogP) is 4.58. The maximum absolute atomic E-state index is 10.6. The number of anilines is 2. The Balaban J connectivity index is 0.000000519. The van der Waals surface area contributed by atoms with E-state index in [0.717, 1.165) is 97.2 Å². The van der Waals surface area contributed by atoms with E-state index in [1.807, 2.05) is 55.0 Å². The zero-order valence-electron chi connectivity index (χ0n) is 26.2. The number of methoxy groups -OCH3 is 1. The first-order valence-corrected chi connectivity index (χ1v) is 15.5. The lowest BCUT2D eigenvalue weighted by atomic mass is 10.1. The van der Waals surface area contributed by atoms with Gasteiger partial charge < -0.3 is 29.7 Å². The Hall–Kier alpha value is -5.02. The zero-order valence-corrected chi connectivity index (χ0v) is 26.2. The van der Waals surface area contributed by atoms with E-state index in [1.54, 1.807) is 7.11 Å². The molecule has 0 bridgehead atoms. The molecule has 252 valence electrons. The first-order valence-electron chi connectivity index (χ1n) is 15.5. The second-order valence-corrected chi connectivity index (χ2v) is 11.4. The van der Waals surface area contributed by atoms with Crippen LogP contribution in [0.5, 0.6) is 5.88 Å². The van der Waals surface area contributed by atoms with Gasteiger partial charge in [0.2, 0.25) is 5.88 Å². The van der Waals surface area contributed by atoms with Crippen LogP contribution in [0.1, 0.15) is 18.5 Å². The number of alkyl halides is 3. The number of ether oxygens (including phenoxy) is 2. The molecule has 2 aliphatic heterocycles. The number of aromatic nitrogens is 5. The van der Waals surface area contributed by atoms with Gasteiger partial charge in [-0.15, -0.1) is 0 Å². The number of halogens is 3. The molecule has 0 atom stereocenters. The molecule has 48 heavy (non-hydrogen) atoms. The van der Waals surface area contributed by atoms with Gasteiger partial charge in [0.15, 0.2) is 11.5 Å². The number of imidazole rings is 1. The number of pyridine rings is 2. The van der Waals surface area contributed by atoms with Gasteiger partial charge in [-0.2, -0.15) is 13.2 Å². The molecule has 2 N–H and O–H groups in total. The number of hydrogen-bond donors (Lipinski definition) is 2. The van der Waals surface area contributed by atoms with Crippen LogP contribution in [-0.2, 0) is 16.1 Å². The van der Waals surface area contributed by atoms with Crippen molar-refractivity contribution in [3.05, 3.63) is 72.8 Å². The molecular weight excluding hydrogens is 629 g/mol. The minimum atomic E-state index is -5.08. The highest BCUT2D eigenvalue weighted by molar-refractivity contribution is 5.79. The summed E-state index contributed by atoms with van der Waals surface area (Å²) in [6, 6.07) is 16.2. The second-order valence-electron chi connectivity index (χ2n) is 11.4. The second kappa shape index (κ2) is 14.4. The highest BCUT2D eigenvalue weighted by Gasteiger charge is 2.38. The van der Waals surface area contributed by atoms with Crippen molar-refractivity contribution in [1.82, 2.24) is 29.7 Å². The molecule has 6 heterocycles. The monoisotopic (exact) mass is 664 g/mol. The molecule has 0 amide bonds. The molecule has 2 saturated heterocycles. The number of nitrogens with one attached hydrogen (secondary N) is 1. The Kier molecular flexibility index (Phi) is 9.87. The topological polar surface area (TPSA) is 130 Å². The lowest BCUT2D eigenvalue weighted by Crippen LogP contribution is -2.43. The third-order valence-corrected chi connectivity index (χ3v) is 8.27. The van der Waals surface area contributed by atoms with Crippen molar-refractivity contribution in [3.63, 3.8) is 0 Å². The van der Waals surface area contributed by atoms with Crippen LogP contribution in [0.4, 0.5) is 24.8 Å². The third-order valence-electron chi connectivity index (χ3n) is 8.27. The van der Waals surface area contributed by atoms with Crippen LogP contribution in [0, 0.1) is 0 Å². The summed E-state index contributed by atoms with van der Waals surface area (Å²) >= 11 is 0. The van der Waals surface area contributed by atoms with E-state index >= 15 is 0 Å². The molecule has 7 rings (SSSR count). The Labute approximate surface area is 274 Å². The normalized spacial score (nSPS) is 15.8. The van der Waals surface area contributed by atoms with Crippen LogP contribution in [0.15, 0.2) is 67.1 Å². The number of nitrogens with zero attached hydrogens (tertiary/aromatic N) is 7. The quantitative estimate of drug-likeness (QED) is 0.254. The van der Waals surface area contributed by atoms with Gasteiger partial charge in [0, 0.05) is 75.8 Å². The molecule has 0 aliphatic carbocycles. The largest absolute Gasteiger partial charge is 0.490 e. The predicted molar refractivity (Wildman–Crippen MR) is 173 cm³/mol. The van der Waals surface area contributed by atoms with E-state index in [4.69, 9.17) is 34.3 Å². The maximum Gasteiger partial charge on any atom is 0.490 e. The number of benzene rings is 1. The van der Waals surface area contributed by atoms with Crippen molar-refractivity contribution in [2.24, 2.45) is 0 Å². The molecule has 5 aromatic rings. The fourth-order valence-corrected chi connectivity index (χ4v) is 5.72. The average molecular weight is 665 g/mol. The molecule has 0 radical (unpaired) electrons. The third kappa shape index (κ3) is 7.58. The number of hydrogen-bond acceptors (Lipinski definition) is 10. The molecule has 15 heteroatoms. The zero-order chi connectivity index (χ0) is 33.7. The van der Waals surface area contributed by atoms with Crippen LogP contribution in [0.2, 0.25) is 0 Å². The standard InChI is InChI=1S/C31H34N8O2.C2HF3O2/c1-40-25-10-14-38(15-11-25)30-31-35-24(21-41-29-9-7-22-4-2-3-5-26(22)36-29)20-39(31)27(19-34-30)23-6-8-28(33-18-23)37-16-12-32-13-17-37;3-2(4,5)1(6)7/h2-9,18-20,25,32H,10-17,21H2,1H3;(H,6,7). The molecule has 12 nitrogen and oxygen atoms in total. The van der Waals surface area contributed by atoms with Crippen LogP contribution in [-0.4, -0.2) is 94.1 Å². The number of carbonyl (C=O) groups is 1. The Morgan fingerprint density at radius 2 is 1.71 bits per heavy atom. The van der Waals surface area contributed by atoms with E-state index in [0.29, 0.717) is 18.6 Å². The number of piperazine rings is 1. The van der Waals surface area contributed by atoms with E-state index in [2.05, 4.69) is 36.6 Å². The summed E-state index contributed by atoms with van der Waals surface area (Å²) in [6.07, 6.45) is 3.06. The van der Waals surface area contributed by atoms with E-state index in [1.165, 1.54) is 0 Å². The molecule has 1 aromatic carbocycles. The molecule has 4 aromatic heterocycles. The number of piperidine rings is 1. The summed E-state index contributed by atoms with van der Waals surface area (Å²) in [7, 11) is 1.79. The van der Waals surface area contributed by atoms with Gasteiger partial charge in [-0.1, -0.05) is 18.2 Å². The molecule has 0 unspecified atom stereocenters. The summed E-state index contributed by atoms with van der Waals surface area (Å²) in [5, 5.41) is 11.6. The van der Waals surface area contributed by atoms with E-state index < -0.39 is 12.1 Å². The SMILES string of the molecule is COC1CCN(c2ncc(-c3ccc(N4CCNCC4)nc3)n3cc(COc4ccc5ccccc5n4)nc23)CC1.O=C(O)C(F)(F)F. The fourth-order valence-electron chi connectivity index (χ4n) is 5.72. The van der Waals surface area contributed by atoms with Gasteiger partial charge in [-0.3, -0.25) is 4.40 Å². The summed E-state index contributed by atoms with van der Waals surface area (Å²) in [5.41, 5.74) is 4.47. The maximum atomic E-state index is 10.6. The molecule has 0 saturated carbocycles. The van der Waals surface area contributed by atoms with Crippen LogP contribution in [0.3, 0.4) is 0 Å². The van der Waals surface area contributed by atoms with Gasteiger partial charge in [-0.05, 0) is 37.1 Å². The highest BCUT2D eigenvalue weighted by Crippen LogP contribution is 2.29. The molecule has 2 fully saturated rings. The highest BCUT2D eigenvalue weighted by atomic mass is 19.4. The number of para-hydroxylation sites is 1. The van der Waals surface area contributed by atoms with Crippen molar-refractivity contribution >= 4 is 34.2 Å². The Bertz CT molecular complexity index is 1850. The molecule has 0 spiro atoms. The Morgan fingerprint density at radius 1 is 0.958 bits per heavy atom. The number of fused-ring (bicyclic) bond motifs is 2. The number of rotatable bonds is 7. The minimum Gasteiger partial charge on any atom is -0.475 e. The summed E-state index contributed by atoms with van der Waals surface area (Å²) < 4.78 is 45.6. The van der Waals surface area contributed by atoms with Gasteiger partial charge in [0.1, 0.15) is 12.4 Å². The van der Waals surface area contributed by atoms with Crippen molar-refractivity contribution in [1.29, 1.82) is 0 Å².